The van der Waals surface area contributed by atoms with Crippen molar-refractivity contribution in [2.75, 3.05) is 18.5 Å². The highest BCUT2D eigenvalue weighted by Crippen LogP contribution is 2.42. The van der Waals surface area contributed by atoms with Crippen LogP contribution in [0.25, 0.3) is 0 Å². The zero-order valence-electron chi connectivity index (χ0n) is 15.2. The van der Waals surface area contributed by atoms with Crippen molar-refractivity contribution >= 4 is 5.69 Å². The van der Waals surface area contributed by atoms with Gasteiger partial charge in [-0.15, -0.1) is 0 Å². The number of rotatable bonds is 5. The summed E-state index contributed by atoms with van der Waals surface area (Å²) in [4.78, 5) is 0. The largest absolute Gasteiger partial charge is 0.493 e. The number of hydrogen-bond acceptors (Lipinski definition) is 2. The first kappa shape index (κ1) is 17.9. The Morgan fingerprint density at radius 3 is 1.71 bits per heavy atom. The molecule has 0 aliphatic heterocycles. The molecule has 0 radical (unpaired) electrons. The summed E-state index contributed by atoms with van der Waals surface area (Å²) in [6.07, 6.45) is 1.03. The Morgan fingerprint density at radius 1 is 0.905 bits per heavy atom. The average molecular weight is 291 g/mol. The van der Waals surface area contributed by atoms with Gasteiger partial charge < -0.3 is 10.1 Å². The van der Waals surface area contributed by atoms with E-state index in [4.69, 9.17) is 4.74 Å². The van der Waals surface area contributed by atoms with Gasteiger partial charge in [-0.2, -0.15) is 0 Å². The smallest absolute Gasteiger partial charge is 0.126 e. The third-order valence-electron chi connectivity index (χ3n) is 3.54. The molecule has 0 saturated carbocycles. The van der Waals surface area contributed by atoms with Crippen LogP contribution in [0.5, 0.6) is 5.75 Å². The molecule has 0 aromatic heterocycles. The molecule has 0 unspecified atom stereocenters. The third-order valence-corrected chi connectivity index (χ3v) is 3.54. The molecule has 0 spiro atoms. The van der Waals surface area contributed by atoms with Crippen molar-refractivity contribution < 1.29 is 4.74 Å². The molecule has 2 heteroatoms. The number of nitrogens with one attached hydrogen (secondary N) is 1. The van der Waals surface area contributed by atoms with Crippen molar-refractivity contribution in [3.63, 3.8) is 0 Å². The number of anilines is 1. The number of hydrogen-bond donors (Lipinski definition) is 1. The molecular formula is C19H33NO. The summed E-state index contributed by atoms with van der Waals surface area (Å²) in [5, 5.41) is 3.46. The number of ether oxygens (including phenoxy) is 1. The fourth-order valence-corrected chi connectivity index (χ4v) is 2.41. The van der Waals surface area contributed by atoms with Gasteiger partial charge in [0.05, 0.1) is 6.61 Å². The van der Waals surface area contributed by atoms with E-state index >= 15 is 0 Å². The van der Waals surface area contributed by atoms with Gasteiger partial charge in [-0.1, -0.05) is 48.5 Å². The maximum atomic E-state index is 6.18. The molecule has 0 amide bonds. The van der Waals surface area contributed by atoms with E-state index in [1.807, 2.05) is 0 Å². The normalized spacial score (nSPS) is 12.4. The van der Waals surface area contributed by atoms with Crippen LogP contribution in [0.4, 0.5) is 5.69 Å². The summed E-state index contributed by atoms with van der Waals surface area (Å²) in [7, 11) is 0. The second kappa shape index (κ2) is 6.72. The van der Waals surface area contributed by atoms with E-state index in [-0.39, 0.29) is 10.8 Å². The second-order valence-electron chi connectivity index (χ2n) is 7.78. The molecule has 0 aliphatic carbocycles. The van der Waals surface area contributed by atoms with Crippen molar-refractivity contribution in [3.8, 4) is 5.75 Å². The Balaban J connectivity index is 3.53. The van der Waals surface area contributed by atoms with Gasteiger partial charge in [-0.3, -0.25) is 0 Å². The molecular weight excluding hydrogens is 258 g/mol. The molecule has 0 fully saturated rings. The lowest BCUT2D eigenvalue weighted by molar-refractivity contribution is 0.300. The Kier molecular flexibility index (Phi) is 5.72. The summed E-state index contributed by atoms with van der Waals surface area (Å²) < 4.78 is 6.18. The van der Waals surface area contributed by atoms with Crippen molar-refractivity contribution in [2.45, 2.75) is 72.6 Å². The summed E-state index contributed by atoms with van der Waals surface area (Å²) >= 11 is 0. The van der Waals surface area contributed by atoms with E-state index < -0.39 is 0 Å². The molecule has 1 N–H and O–H groups in total. The van der Waals surface area contributed by atoms with Gasteiger partial charge in [0.1, 0.15) is 5.75 Å². The second-order valence-corrected chi connectivity index (χ2v) is 7.78. The lowest BCUT2D eigenvalue weighted by atomic mass is 9.79. The molecule has 1 rings (SSSR count). The molecule has 21 heavy (non-hydrogen) atoms. The van der Waals surface area contributed by atoms with Gasteiger partial charge >= 0.3 is 0 Å². The van der Waals surface area contributed by atoms with Crippen LogP contribution in [0.1, 0.15) is 72.9 Å². The lowest BCUT2D eigenvalue weighted by Gasteiger charge is -2.30. The van der Waals surface area contributed by atoms with Crippen LogP contribution in [0.3, 0.4) is 0 Å². The fourth-order valence-electron chi connectivity index (χ4n) is 2.41. The zero-order valence-corrected chi connectivity index (χ0v) is 15.2. The summed E-state index contributed by atoms with van der Waals surface area (Å²) in [5.74, 6) is 1.08. The minimum Gasteiger partial charge on any atom is -0.493 e. The zero-order chi connectivity index (χ0) is 16.3. The summed E-state index contributed by atoms with van der Waals surface area (Å²) in [5.41, 5.74) is 3.90. The van der Waals surface area contributed by atoms with Gasteiger partial charge in [0.25, 0.3) is 0 Å². The quantitative estimate of drug-likeness (QED) is 0.773. The van der Waals surface area contributed by atoms with Gasteiger partial charge in [0, 0.05) is 23.4 Å². The monoisotopic (exact) mass is 291 g/mol. The highest BCUT2D eigenvalue weighted by Gasteiger charge is 2.27. The highest BCUT2D eigenvalue weighted by atomic mass is 16.5. The van der Waals surface area contributed by atoms with Gasteiger partial charge in [-0.05, 0) is 36.3 Å². The van der Waals surface area contributed by atoms with E-state index in [2.05, 4.69) is 72.8 Å². The molecule has 2 nitrogen and oxygen atoms in total. The van der Waals surface area contributed by atoms with Crippen LogP contribution in [0.15, 0.2) is 12.1 Å². The molecule has 120 valence electrons. The molecule has 0 heterocycles. The van der Waals surface area contributed by atoms with Gasteiger partial charge in [-0.25, -0.2) is 0 Å². The first-order valence-electron chi connectivity index (χ1n) is 8.17. The maximum absolute atomic E-state index is 6.18. The van der Waals surface area contributed by atoms with Crippen LogP contribution >= 0.6 is 0 Å². The van der Waals surface area contributed by atoms with Crippen molar-refractivity contribution in [1.29, 1.82) is 0 Å². The predicted octanol–water partition coefficient (Wildman–Crippen LogP) is 5.50. The van der Waals surface area contributed by atoms with E-state index in [1.165, 1.54) is 16.8 Å². The van der Waals surface area contributed by atoms with E-state index in [1.54, 1.807) is 0 Å². The van der Waals surface area contributed by atoms with Crippen LogP contribution < -0.4 is 10.1 Å². The van der Waals surface area contributed by atoms with E-state index in [9.17, 15) is 0 Å². The molecule has 0 bridgehead atoms. The van der Waals surface area contributed by atoms with Gasteiger partial charge in [0.2, 0.25) is 0 Å². The molecule has 1 aromatic carbocycles. The lowest BCUT2D eigenvalue weighted by Crippen LogP contribution is -2.20. The molecule has 0 saturated heterocycles. The van der Waals surface area contributed by atoms with E-state index in [0.29, 0.717) is 0 Å². The van der Waals surface area contributed by atoms with Crippen LogP contribution in [0, 0.1) is 0 Å². The Labute approximate surface area is 131 Å². The number of benzene rings is 1. The topological polar surface area (TPSA) is 21.3 Å². The van der Waals surface area contributed by atoms with E-state index in [0.717, 1.165) is 25.3 Å². The Bertz CT molecular complexity index is 428. The minimum absolute atomic E-state index is 0.0640. The highest BCUT2D eigenvalue weighted by molar-refractivity contribution is 5.59. The summed E-state index contributed by atoms with van der Waals surface area (Å²) in [6, 6.07) is 4.51. The van der Waals surface area contributed by atoms with Crippen molar-refractivity contribution in [1.82, 2.24) is 0 Å². The molecule has 0 aliphatic rings. The van der Waals surface area contributed by atoms with Crippen LogP contribution in [-0.4, -0.2) is 13.2 Å². The average Bonchev–Trinajstić information content (AvgIpc) is 2.34. The van der Waals surface area contributed by atoms with Crippen molar-refractivity contribution in [2.24, 2.45) is 0 Å². The Hall–Kier alpha value is -1.18. The maximum Gasteiger partial charge on any atom is 0.126 e. The van der Waals surface area contributed by atoms with Crippen LogP contribution in [-0.2, 0) is 10.8 Å². The minimum atomic E-state index is 0.0640. The van der Waals surface area contributed by atoms with Crippen molar-refractivity contribution in [3.05, 3.63) is 23.3 Å². The third kappa shape index (κ3) is 4.66. The summed E-state index contributed by atoms with van der Waals surface area (Å²) in [6.45, 7) is 19.5. The van der Waals surface area contributed by atoms with Crippen LogP contribution in [0.2, 0.25) is 0 Å². The first-order chi connectivity index (χ1) is 9.61. The van der Waals surface area contributed by atoms with Gasteiger partial charge in [0.15, 0.2) is 0 Å². The standard InChI is InChI=1S/C19H33NO/c1-9-11-21-17-15(18(3,4)5)12-14(20-10-2)13-16(17)19(6,7)8/h12-13,20H,9-11H2,1-8H3. The first-order valence-corrected chi connectivity index (χ1v) is 8.17. The fraction of sp³-hybridized carbons (Fsp3) is 0.684. The Morgan fingerprint density at radius 2 is 1.38 bits per heavy atom. The SMILES string of the molecule is CCCOc1c(C(C)(C)C)cc(NCC)cc1C(C)(C)C. The predicted molar refractivity (Wildman–Crippen MR) is 93.8 cm³/mol. The molecule has 1 aromatic rings. The molecule has 0 atom stereocenters.